The van der Waals surface area contributed by atoms with Crippen LogP contribution in [0.4, 0.5) is 4.79 Å². The number of carboxylic acid groups (broad SMARTS) is 2. The van der Waals surface area contributed by atoms with E-state index in [1.54, 1.807) is 30.3 Å². The van der Waals surface area contributed by atoms with E-state index in [1.807, 2.05) is 12.5 Å². The Bertz CT molecular complexity index is 785. The molecule has 31 heavy (non-hydrogen) atoms. The summed E-state index contributed by atoms with van der Waals surface area (Å²) in [6.45, 7) is -0.0928. The molecule has 0 aromatic heterocycles. The fraction of sp³-hybridized carbons (Fsp3) is 0.450. The molecule has 0 spiro atoms. The minimum atomic E-state index is -1.55. The fourth-order valence-corrected chi connectivity index (χ4v) is 3.31. The highest BCUT2D eigenvalue weighted by Crippen LogP contribution is 2.05. The van der Waals surface area contributed by atoms with E-state index in [0.29, 0.717) is 11.3 Å². The number of rotatable bonds is 13. The van der Waals surface area contributed by atoms with Gasteiger partial charge >= 0.3 is 18.0 Å². The number of ether oxygens (including phenoxy) is 1. The molecule has 2 atom stereocenters. The van der Waals surface area contributed by atoms with Crippen LogP contribution < -0.4 is 10.6 Å². The van der Waals surface area contributed by atoms with Gasteiger partial charge in [-0.1, -0.05) is 30.3 Å². The van der Waals surface area contributed by atoms with Crippen LogP contribution in [0, 0.1) is 0 Å². The molecule has 0 aliphatic rings. The lowest BCUT2D eigenvalue weighted by Gasteiger charge is -2.20. The van der Waals surface area contributed by atoms with E-state index in [1.165, 1.54) is 0 Å². The molecule has 0 aliphatic heterocycles. The van der Waals surface area contributed by atoms with Crippen molar-refractivity contribution in [1.29, 1.82) is 0 Å². The van der Waals surface area contributed by atoms with Gasteiger partial charge in [-0.25, -0.2) is 9.59 Å². The van der Waals surface area contributed by atoms with Crippen molar-refractivity contribution in [3.05, 3.63) is 35.9 Å². The van der Waals surface area contributed by atoms with Gasteiger partial charge in [0.25, 0.3) is 0 Å². The summed E-state index contributed by atoms with van der Waals surface area (Å²) in [5, 5.41) is 22.7. The van der Waals surface area contributed by atoms with Gasteiger partial charge in [-0.2, -0.15) is 0 Å². The average Bonchev–Trinajstić information content (AvgIpc) is 2.68. The smallest absolute Gasteiger partial charge is 0.408 e. The number of Topliss-reactive ketones (excluding diaryl/α,β-unsaturated/α-hetero) is 1. The van der Waals surface area contributed by atoms with Gasteiger partial charge in [0.1, 0.15) is 18.7 Å². The largest absolute Gasteiger partial charge is 0.481 e. The van der Waals surface area contributed by atoms with Gasteiger partial charge < -0.3 is 25.6 Å². The van der Waals surface area contributed by atoms with Gasteiger partial charge in [0, 0.05) is 6.42 Å². The van der Waals surface area contributed by atoms with E-state index in [-0.39, 0.29) is 36.1 Å². The van der Waals surface area contributed by atoms with Crippen molar-refractivity contribution in [2.24, 2.45) is 0 Å². The standard InChI is InChI=1S/C20H26N2O8S/c1-31(2)12-14(23)8-9-15(19(27)28)21-18(26)16(10-17(24)25)22-20(29)30-11-13-6-4-3-5-7-13/h3-7,15-16H,8-12H2,1-2H3,(H3-,21,22,24,25,26,27,28,29)/p+1/t15-,16-/m0/s1. The Labute approximate surface area is 182 Å². The van der Waals surface area contributed by atoms with Crippen molar-refractivity contribution in [3.8, 4) is 0 Å². The number of hydrogen-bond acceptors (Lipinski definition) is 6. The van der Waals surface area contributed by atoms with Gasteiger partial charge in [-0.3, -0.25) is 14.4 Å². The lowest BCUT2D eigenvalue weighted by atomic mass is 10.1. The number of amides is 2. The van der Waals surface area contributed by atoms with Gasteiger partial charge in [0.2, 0.25) is 5.91 Å². The second-order valence-corrected chi connectivity index (χ2v) is 9.22. The van der Waals surface area contributed by atoms with Crippen LogP contribution in [-0.2, 0) is 41.4 Å². The number of ketones is 1. The maximum absolute atomic E-state index is 12.4. The predicted octanol–water partition coefficient (Wildman–Crippen LogP) is 0.553. The van der Waals surface area contributed by atoms with E-state index in [9.17, 15) is 29.1 Å². The number of alkyl carbamates (subject to hydrolysis) is 1. The normalized spacial score (nSPS) is 12.5. The van der Waals surface area contributed by atoms with Crippen LogP contribution in [0.5, 0.6) is 0 Å². The van der Waals surface area contributed by atoms with Crippen LogP contribution in [0.25, 0.3) is 0 Å². The van der Waals surface area contributed by atoms with Gasteiger partial charge in [0.05, 0.1) is 18.9 Å². The van der Waals surface area contributed by atoms with Crippen LogP contribution in [-0.4, -0.2) is 70.3 Å². The van der Waals surface area contributed by atoms with Crippen molar-refractivity contribution < 1.29 is 38.9 Å². The fourth-order valence-electron chi connectivity index (χ4n) is 2.52. The Hall–Kier alpha value is -3.08. The Morgan fingerprint density at radius 3 is 2.19 bits per heavy atom. The summed E-state index contributed by atoms with van der Waals surface area (Å²) in [4.78, 5) is 58.8. The molecule has 0 heterocycles. The van der Waals surface area contributed by atoms with E-state index >= 15 is 0 Å². The summed E-state index contributed by atoms with van der Waals surface area (Å²) in [5.74, 6) is -3.54. The predicted molar refractivity (Wildman–Crippen MR) is 114 cm³/mol. The van der Waals surface area contributed by atoms with Crippen molar-refractivity contribution in [3.63, 3.8) is 0 Å². The first-order valence-corrected chi connectivity index (χ1v) is 11.6. The van der Waals surface area contributed by atoms with Crippen LogP contribution >= 0.6 is 0 Å². The number of carboxylic acids is 2. The molecule has 0 saturated carbocycles. The summed E-state index contributed by atoms with van der Waals surface area (Å²) in [7, 11) is -0.130. The first kappa shape index (κ1) is 26.0. The molecule has 10 nitrogen and oxygen atoms in total. The van der Waals surface area contributed by atoms with Crippen LogP contribution in [0.1, 0.15) is 24.8 Å². The number of nitrogens with one attached hydrogen (secondary N) is 2. The second kappa shape index (κ2) is 13.3. The third-order valence-corrected chi connectivity index (χ3v) is 4.88. The van der Waals surface area contributed by atoms with Crippen molar-refractivity contribution in [1.82, 2.24) is 10.6 Å². The molecular formula is C20H27N2O8S+. The molecule has 2 amide bonds. The van der Waals surface area contributed by atoms with Crippen molar-refractivity contribution in [2.75, 3.05) is 18.3 Å². The lowest BCUT2D eigenvalue weighted by Crippen LogP contribution is -2.52. The zero-order chi connectivity index (χ0) is 23.4. The van der Waals surface area contributed by atoms with E-state index in [0.717, 1.165) is 0 Å². The molecule has 170 valence electrons. The highest BCUT2D eigenvalue weighted by molar-refractivity contribution is 7.96. The number of carbonyl (C=O) groups excluding carboxylic acids is 3. The molecule has 0 aliphatic carbocycles. The summed E-state index contributed by atoms with van der Waals surface area (Å²) in [6, 6.07) is 5.76. The zero-order valence-corrected chi connectivity index (χ0v) is 18.1. The summed E-state index contributed by atoms with van der Waals surface area (Å²) >= 11 is 0. The molecule has 0 fully saturated rings. The molecule has 0 radical (unpaired) electrons. The van der Waals surface area contributed by atoms with Crippen LogP contribution in [0.3, 0.4) is 0 Å². The highest BCUT2D eigenvalue weighted by Gasteiger charge is 2.29. The third-order valence-electron chi connectivity index (χ3n) is 3.98. The molecule has 0 saturated heterocycles. The van der Waals surface area contributed by atoms with Gasteiger partial charge in [0.15, 0.2) is 11.5 Å². The molecule has 1 aromatic rings. The first-order valence-electron chi connectivity index (χ1n) is 9.36. The average molecular weight is 456 g/mol. The SMILES string of the molecule is C[S+](C)CC(=O)CC[C@H](NC(=O)[C@H](CC(=O)O)NC(=O)OCc1ccccc1)C(=O)O. The highest BCUT2D eigenvalue weighted by atomic mass is 32.2. The molecule has 1 aromatic carbocycles. The second-order valence-electron chi connectivity index (χ2n) is 6.96. The number of carbonyl (C=O) groups is 5. The van der Waals surface area contributed by atoms with E-state index in [4.69, 9.17) is 9.84 Å². The Morgan fingerprint density at radius 2 is 1.65 bits per heavy atom. The lowest BCUT2D eigenvalue weighted by molar-refractivity contribution is -0.143. The van der Waals surface area contributed by atoms with Crippen LogP contribution in [0.15, 0.2) is 30.3 Å². The molecule has 0 bridgehead atoms. The summed E-state index contributed by atoms with van der Waals surface area (Å²) < 4.78 is 4.98. The third kappa shape index (κ3) is 11.0. The van der Waals surface area contributed by atoms with Crippen LogP contribution in [0.2, 0.25) is 0 Å². The maximum atomic E-state index is 12.4. The molecule has 4 N–H and O–H groups in total. The summed E-state index contributed by atoms with van der Waals surface area (Å²) in [5.41, 5.74) is 0.689. The molecular weight excluding hydrogens is 428 g/mol. The molecule has 1 rings (SSSR count). The Kier molecular flexibility index (Phi) is 11.1. The quantitative estimate of drug-likeness (QED) is 0.314. The Balaban J connectivity index is 2.69. The monoisotopic (exact) mass is 455 g/mol. The minimum Gasteiger partial charge on any atom is -0.481 e. The number of benzene rings is 1. The van der Waals surface area contributed by atoms with E-state index < -0.39 is 42.4 Å². The van der Waals surface area contributed by atoms with Crippen molar-refractivity contribution in [2.45, 2.75) is 38.0 Å². The number of aliphatic carboxylic acids is 2. The summed E-state index contributed by atoms with van der Waals surface area (Å²) in [6.07, 6.45) is 1.78. The van der Waals surface area contributed by atoms with E-state index in [2.05, 4.69) is 10.6 Å². The van der Waals surface area contributed by atoms with Gasteiger partial charge in [-0.05, 0) is 22.9 Å². The molecule has 0 unspecified atom stereocenters. The Morgan fingerprint density at radius 1 is 1.00 bits per heavy atom. The zero-order valence-electron chi connectivity index (χ0n) is 17.3. The topological polar surface area (TPSA) is 159 Å². The number of hydrogen-bond donors (Lipinski definition) is 4. The molecule has 11 heteroatoms. The van der Waals surface area contributed by atoms with Gasteiger partial charge in [-0.15, -0.1) is 0 Å². The minimum absolute atomic E-state index is 0.0431. The maximum Gasteiger partial charge on any atom is 0.408 e. The first-order chi connectivity index (χ1) is 14.6. The van der Waals surface area contributed by atoms with Crippen molar-refractivity contribution >= 4 is 40.6 Å².